The Balaban J connectivity index is 4.94. The molecule has 14 heavy (non-hydrogen) atoms. The summed E-state index contributed by atoms with van der Waals surface area (Å²) in [5.74, 6) is 0. The molecule has 0 aliphatic rings. The summed E-state index contributed by atoms with van der Waals surface area (Å²) < 4.78 is 0. The van der Waals surface area contributed by atoms with E-state index >= 15 is 0 Å². The average molecular weight is 199 g/mol. The van der Waals surface area contributed by atoms with E-state index in [9.17, 15) is 0 Å². The Morgan fingerprint density at radius 1 is 0.786 bits per heavy atom. The number of nitrogens with zero attached hydrogens (tertiary/aromatic N) is 1. The maximum Gasteiger partial charge on any atom is 0.0192 e. The third-order valence-corrected chi connectivity index (χ3v) is 2.86. The van der Waals surface area contributed by atoms with Gasteiger partial charge in [0.15, 0.2) is 0 Å². The molecule has 0 fully saturated rings. The zero-order valence-electron chi connectivity index (χ0n) is 11.6. The van der Waals surface area contributed by atoms with Crippen molar-refractivity contribution in [3.05, 3.63) is 0 Å². The SMILES string of the molecule is CC(C)N(C)C(C(C)(C)C)C(C)(C)C. The normalized spacial score (nSPS) is 14.6. The number of hydrogen-bond acceptors (Lipinski definition) is 1. The summed E-state index contributed by atoms with van der Waals surface area (Å²) in [5.41, 5.74) is 0.661. The maximum atomic E-state index is 2.50. The van der Waals surface area contributed by atoms with Crippen molar-refractivity contribution in [2.24, 2.45) is 10.8 Å². The first-order valence-electron chi connectivity index (χ1n) is 5.70. The van der Waals surface area contributed by atoms with Gasteiger partial charge in [-0.15, -0.1) is 0 Å². The second-order valence-electron chi connectivity index (χ2n) is 6.89. The minimum atomic E-state index is 0.331. The summed E-state index contributed by atoms with van der Waals surface area (Å²) in [6.07, 6.45) is 0. The minimum Gasteiger partial charge on any atom is -0.300 e. The van der Waals surface area contributed by atoms with Crippen molar-refractivity contribution in [3.8, 4) is 0 Å². The van der Waals surface area contributed by atoms with Crippen LogP contribution in [-0.2, 0) is 0 Å². The van der Waals surface area contributed by atoms with Crippen LogP contribution >= 0.6 is 0 Å². The summed E-state index contributed by atoms with van der Waals surface area (Å²) in [4.78, 5) is 2.50. The fourth-order valence-electron chi connectivity index (χ4n) is 2.82. The highest BCUT2D eigenvalue weighted by Crippen LogP contribution is 2.37. The smallest absolute Gasteiger partial charge is 0.0192 e. The summed E-state index contributed by atoms with van der Waals surface area (Å²) in [5, 5.41) is 0. The van der Waals surface area contributed by atoms with Gasteiger partial charge in [0.25, 0.3) is 0 Å². The molecule has 0 radical (unpaired) electrons. The molecule has 1 nitrogen and oxygen atoms in total. The third-order valence-electron chi connectivity index (χ3n) is 2.86. The first-order valence-corrected chi connectivity index (χ1v) is 5.70. The molecule has 0 spiro atoms. The van der Waals surface area contributed by atoms with Crippen molar-refractivity contribution in [1.29, 1.82) is 0 Å². The van der Waals surface area contributed by atoms with Gasteiger partial charge in [0.2, 0.25) is 0 Å². The molecule has 0 saturated heterocycles. The van der Waals surface area contributed by atoms with Crippen LogP contribution < -0.4 is 0 Å². The largest absolute Gasteiger partial charge is 0.300 e. The molecular formula is C13H29N. The second-order valence-corrected chi connectivity index (χ2v) is 6.89. The first kappa shape index (κ1) is 14.0. The van der Waals surface area contributed by atoms with Gasteiger partial charge < -0.3 is 0 Å². The van der Waals surface area contributed by atoms with Gasteiger partial charge in [-0.05, 0) is 31.7 Å². The monoisotopic (exact) mass is 199 g/mol. The summed E-state index contributed by atoms with van der Waals surface area (Å²) in [7, 11) is 2.24. The molecule has 0 aliphatic carbocycles. The van der Waals surface area contributed by atoms with Crippen LogP contribution in [0.5, 0.6) is 0 Å². The van der Waals surface area contributed by atoms with Crippen molar-refractivity contribution >= 4 is 0 Å². The van der Waals surface area contributed by atoms with E-state index in [0.717, 1.165) is 0 Å². The van der Waals surface area contributed by atoms with E-state index in [4.69, 9.17) is 0 Å². The molecule has 0 bridgehead atoms. The Hall–Kier alpha value is -0.0400. The molecular weight excluding hydrogens is 170 g/mol. The summed E-state index contributed by atoms with van der Waals surface area (Å²) >= 11 is 0. The van der Waals surface area contributed by atoms with E-state index in [0.29, 0.717) is 22.9 Å². The van der Waals surface area contributed by atoms with Gasteiger partial charge in [-0.3, -0.25) is 4.90 Å². The lowest BCUT2D eigenvalue weighted by Crippen LogP contribution is -2.52. The van der Waals surface area contributed by atoms with Crippen LogP contribution in [0.4, 0.5) is 0 Å². The molecule has 86 valence electrons. The van der Waals surface area contributed by atoms with Crippen molar-refractivity contribution in [2.45, 2.75) is 67.5 Å². The molecule has 0 saturated carbocycles. The molecule has 0 aliphatic heterocycles. The quantitative estimate of drug-likeness (QED) is 0.654. The Labute approximate surface area is 90.9 Å². The van der Waals surface area contributed by atoms with Gasteiger partial charge in [-0.1, -0.05) is 41.5 Å². The van der Waals surface area contributed by atoms with Gasteiger partial charge in [0.05, 0.1) is 0 Å². The lowest BCUT2D eigenvalue weighted by atomic mass is 9.71. The van der Waals surface area contributed by atoms with Crippen molar-refractivity contribution < 1.29 is 0 Å². The fraction of sp³-hybridized carbons (Fsp3) is 1.00. The van der Waals surface area contributed by atoms with Gasteiger partial charge in [-0.25, -0.2) is 0 Å². The standard InChI is InChI=1S/C13H29N/c1-10(2)14(9)11(12(3,4)5)13(6,7)8/h10-11H,1-9H3. The molecule has 0 amide bonds. The fourth-order valence-corrected chi connectivity index (χ4v) is 2.82. The van der Waals surface area contributed by atoms with Crippen molar-refractivity contribution in [1.82, 2.24) is 4.90 Å². The van der Waals surface area contributed by atoms with Crippen LogP contribution in [0.25, 0.3) is 0 Å². The zero-order chi connectivity index (χ0) is 11.7. The predicted octanol–water partition coefficient (Wildman–Crippen LogP) is 3.79. The minimum absolute atomic E-state index is 0.331. The molecule has 0 aromatic carbocycles. The predicted molar refractivity (Wildman–Crippen MR) is 65.6 cm³/mol. The molecule has 0 unspecified atom stereocenters. The Morgan fingerprint density at radius 3 is 1.14 bits per heavy atom. The Kier molecular flexibility index (Phi) is 4.21. The second kappa shape index (κ2) is 4.22. The van der Waals surface area contributed by atoms with E-state index in [1.807, 2.05) is 0 Å². The summed E-state index contributed by atoms with van der Waals surface area (Å²) in [6.45, 7) is 18.5. The molecule has 0 aromatic rings. The van der Waals surface area contributed by atoms with E-state index in [2.05, 4.69) is 67.3 Å². The zero-order valence-corrected chi connectivity index (χ0v) is 11.6. The molecule has 1 heteroatoms. The number of hydrogen-bond donors (Lipinski definition) is 0. The van der Waals surface area contributed by atoms with Crippen molar-refractivity contribution in [2.75, 3.05) is 7.05 Å². The molecule has 0 heterocycles. The highest BCUT2D eigenvalue weighted by molar-refractivity contribution is 4.91. The van der Waals surface area contributed by atoms with Gasteiger partial charge >= 0.3 is 0 Å². The van der Waals surface area contributed by atoms with Gasteiger partial charge in [0.1, 0.15) is 0 Å². The highest BCUT2D eigenvalue weighted by Gasteiger charge is 2.38. The van der Waals surface area contributed by atoms with Crippen LogP contribution in [0, 0.1) is 10.8 Å². The molecule has 0 atom stereocenters. The van der Waals surface area contributed by atoms with Gasteiger partial charge in [-0.2, -0.15) is 0 Å². The van der Waals surface area contributed by atoms with E-state index < -0.39 is 0 Å². The van der Waals surface area contributed by atoms with Crippen LogP contribution in [0.15, 0.2) is 0 Å². The van der Waals surface area contributed by atoms with E-state index in [1.165, 1.54) is 0 Å². The van der Waals surface area contributed by atoms with Gasteiger partial charge in [0, 0.05) is 12.1 Å². The molecule has 0 aromatic heterocycles. The van der Waals surface area contributed by atoms with Crippen LogP contribution in [0.3, 0.4) is 0 Å². The molecule has 0 rings (SSSR count). The third kappa shape index (κ3) is 3.61. The Bertz CT molecular complexity index is 155. The lowest BCUT2D eigenvalue weighted by Gasteiger charge is -2.48. The summed E-state index contributed by atoms with van der Waals surface area (Å²) in [6, 6.07) is 1.22. The highest BCUT2D eigenvalue weighted by atomic mass is 15.2. The van der Waals surface area contributed by atoms with E-state index in [-0.39, 0.29) is 0 Å². The topological polar surface area (TPSA) is 3.24 Å². The van der Waals surface area contributed by atoms with E-state index in [1.54, 1.807) is 0 Å². The van der Waals surface area contributed by atoms with Crippen LogP contribution in [0.1, 0.15) is 55.4 Å². The van der Waals surface area contributed by atoms with Crippen LogP contribution in [0.2, 0.25) is 0 Å². The Morgan fingerprint density at radius 2 is 1.07 bits per heavy atom. The first-order chi connectivity index (χ1) is 5.98. The van der Waals surface area contributed by atoms with Crippen molar-refractivity contribution in [3.63, 3.8) is 0 Å². The average Bonchev–Trinajstić information content (AvgIpc) is 1.79. The maximum absolute atomic E-state index is 2.50. The van der Waals surface area contributed by atoms with Crippen LogP contribution in [-0.4, -0.2) is 24.0 Å². The lowest BCUT2D eigenvalue weighted by molar-refractivity contribution is 0.0160. The molecule has 0 N–H and O–H groups in total. The number of rotatable bonds is 2.